The molecule has 0 amide bonds. The van der Waals surface area contributed by atoms with Crippen LogP contribution in [0.2, 0.25) is 0 Å². The Morgan fingerprint density at radius 3 is 2.17 bits per heavy atom. The molecule has 0 saturated carbocycles. The molecule has 0 saturated heterocycles. The molecule has 0 radical (unpaired) electrons. The molecule has 0 aliphatic rings. The van der Waals surface area contributed by atoms with Crippen LogP contribution in [0.4, 0.5) is 0 Å². The molecule has 1 rings (SSSR count). The average molecular weight is 344 g/mol. The van der Waals surface area contributed by atoms with Crippen LogP contribution in [0.25, 0.3) is 0 Å². The van der Waals surface area contributed by atoms with Gasteiger partial charge in [0.1, 0.15) is 0 Å². The van der Waals surface area contributed by atoms with Gasteiger partial charge in [-0.05, 0) is 23.6 Å². The van der Waals surface area contributed by atoms with Crippen molar-refractivity contribution < 1.29 is 23.7 Å². The monoisotopic (exact) mass is 344 g/mol. The summed E-state index contributed by atoms with van der Waals surface area (Å²) in [6.45, 7) is 6.59. The molecular formula is C15H24N2O5S. The molecule has 130 valence electrons. The Kier molecular flexibility index (Phi) is 7.57. The summed E-state index contributed by atoms with van der Waals surface area (Å²) in [5, 5.41) is 0.306. The Morgan fingerprint density at radius 2 is 1.74 bits per heavy atom. The Hall–Kier alpha value is -1.54. The molecule has 0 fully saturated rings. The largest absolute Gasteiger partial charge is 0.481 e. The minimum Gasteiger partial charge on any atom is -0.481 e. The first kappa shape index (κ1) is 19.5. The normalized spacial score (nSPS) is 12.6. The van der Waals surface area contributed by atoms with Crippen molar-refractivity contribution in [3.63, 3.8) is 0 Å². The summed E-state index contributed by atoms with van der Waals surface area (Å²) in [5.74, 6) is 0.220. The molecule has 1 atom stereocenters. The predicted molar refractivity (Wildman–Crippen MR) is 86.8 cm³/mol. The molecule has 0 aliphatic heterocycles. The van der Waals surface area contributed by atoms with Crippen molar-refractivity contribution in [2.24, 2.45) is 5.41 Å². The number of methoxy groups -OCH3 is 3. The fourth-order valence-corrected chi connectivity index (χ4v) is 2.20. The summed E-state index contributed by atoms with van der Waals surface area (Å²) in [5.41, 5.74) is -0.758. The third kappa shape index (κ3) is 7.04. The van der Waals surface area contributed by atoms with Gasteiger partial charge in [0.15, 0.2) is 5.16 Å². The average Bonchev–Trinajstić information content (AvgIpc) is 2.50. The Balaban J connectivity index is 2.70. The zero-order valence-corrected chi connectivity index (χ0v) is 15.2. The van der Waals surface area contributed by atoms with Crippen LogP contribution in [-0.4, -0.2) is 49.3 Å². The van der Waals surface area contributed by atoms with E-state index in [1.807, 2.05) is 0 Å². The van der Waals surface area contributed by atoms with Gasteiger partial charge in [-0.3, -0.25) is 0 Å². The summed E-state index contributed by atoms with van der Waals surface area (Å²) in [6, 6.07) is 1.55. The molecule has 7 nitrogen and oxygen atoms in total. The highest BCUT2D eigenvalue weighted by molar-refractivity contribution is 8.00. The quantitative estimate of drug-likeness (QED) is 0.308. The molecule has 0 N–H and O–H groups in total. The van der Waals surface area contributed by atoms with Crippen molar-refractivity contribution in [1.82, 2.24) is 9.97 Å². The molecule has 8 heteroatoms. The fraction of sp³-hybridized carbons (Fsp3) is 0.667. The highest BCUT2D eigenvalue weighted by Crippen LogP contribution is 2.26. The minimum atomic E-state index is -0.855. The molecule has 1 aromatic heterocycles. The third-order valence-corrected chi connectivity index (χ3v) is 3.78. The maximum absolute atomic E-state index is 12.1. The van der Waals surface area contributed by atoms with Crippen LogP contribution in [0.15, 0.2) is 11.2 Å². The summed E-state index contributed by atoms with van der Waals surface area (Å²) in [6.07, 6.45) is 0.767. The smallest absolute Gasteiger partial charge is 0.346 e. The Morgan fingerprint density at radius 1 is 1.17 bits per heavy atom. The number of rotatable bonds is 8. The van der Waals surface area contributed by atoms with Gasteiger partial charge in [0.25, 0.3) is 0 Å². The van der Waals surface area contributed by atoms with Crippen LogP contribution < -0.4 is 9.47 Å². The zero-order valence-electron chi connectivity index (χ0n) is 14.4. The van der Waals surface area contributed by atoms with Crippen molar-refractivity contribution >= 4 is 17.7 Å². The summed E-state index contributed by atoms with van der Waals surface area (Å²) in [7, 11) is 4.41. The van der Waals surface area contributed by atoms with Gasteiger partial charge in [0, 0.05) is 7.11 Å². The molecule has 0 aliphatic carbocycles. The van der Waals surface area contributed by atoms with E-state index in [2.05, 4.69) is 30.7 Å². The second kappa shape index (κ2) is 8.93. The lowest BCUT2D eigenvalue weighted by atomic mass is 9.93. The molecule has 23 heavy (non-hydrogen) atoms. The van der Waals surface area contributed by atoms with Crippen LogP contribution in [-0.2, 0) is 14.3 Å². The number of hydrogen-bond donors (Lipinski definition) is 0. The summed E-state index contributed by atoms with van der Waals surface area (Å²) in [4.78, 5) is 20.4. The van der Waals surface area contributed by atoms with Gasteiger partial charge < -0.3 is 18.9 Å². The van der Waals surface area contributed by atoms with Crippen molar-refractivity contribution in [3.05, 3.63) is 6.07 Å². The van der Waals surface area contributed by atoms with E-state index in [0.29, 0.717) is 23.5 Å². The lowest BCUT2D eigenvalue weighted by Gasteiger charge is -2.19. The first-order valence-corrected chi connectivity index (χ1v) is 8.00. The first-order valence-electron chi connectivity index (χ1n) is 7.12. The summed E-state index contributed by atoms with van der Waals surface area (Å²) < 4.78 is 20.6. The number of thioether (sulfide) groups is 1. The number of nitrogens with zero attached hydrogens (tertiary/aromatic N) is 2. The van der Waals surface area contributed by atoms with Crippen LogP contribution in [0.1, 0.15) is 27.2 Å². The fourth-order valence-electron chi connectivity index (χ4n) is 1.46. The Labute approximate surface area is 141 Å². The van der Waals surface area contributed by atoms with E-state index in [4.69, 9.17) is 18.9 Å². The molecule has 0 aromatic carbocycles. The van der Waals surface area contributed by atoms with Crippen LogP contribution in [0, 0.1) is 5.41 Å². The number of esters is 1. The van der Waals surface area contributed by atoms with Gasteiger partial charge in [-0.15, -0.1) is 0 Å². The van der Waals surface area contributed by atoms with E-state index in [9.17, 15) is 4.79 Å². The lowest BCUT2D eigenvalue weighted by molar-refractivity contribution is -0.150. The highest BCUT2D eigenvalue weighted by atomic mass is 32.2. The molecule has 1 aromatic rings. The number of hydrogen-bond acceptors (Lipinski definition) is 8. The molecular weight excluding hydrogens is 320 g/mol. The highest BCUT2D eigenvalue weighted by Gasteiger charge is 2.24. The van der Waals surface area contributed by atoms with Gasteiger partial charge in [0.2, 0.25) is 17.2 Å². The number of aromatic nitrogens is 2. The standard InChI is InChI=1S/C15H24N2O5S/c1-15(2,3)7-8-22-12(18)13(21-6)23-14-16-10(19-4)9-11(17-14)20-5/h9,13H,7-8H2,1-6H3. The first-order chi connectivity index (χ1) is 10.8. The topological polar surface area (TPSA) is 79.8 Å². The zero-order chi connectivity index (χ0) is 17.5. The van der Waals surface area contributed by atoms with E-state index < -0.39 is 11.4 Å². The van der Waals surface area contributed by atoms with Gasteiger partial charge >= 0.3 is 5.97 Å². The van der Waals surface area contributed by atoms with Crippen molar-refractivity contribution in [2.45, 2.75) is 37.8 Å². The second-order valence-corrected chi connectivity index (χ2v) is 6.93. The van der Waals surface area contributed by atoms with Crippen LogP contribution in [0.5, 0.6) is 11.8 Å². The molecule has 1 heterocycles. The Bertz CT molecular complexity index is 497. The maximum atomic E-state index is 12.1. The van der Waals surface area contributed by atoms with E-state index in [-0.39, 0.29) is 5.41 Å². The van der Waals surface area contributed by atoms with Gasteiger partial charge in [0.05, 0.1) is 26.9 Å². The number of carbonyl (C=O) groups excluding carboxylic acids is 1. The van der Waals surface area contributed by atoms with Crippen molar-refractivity contribution in [1.29, 1.82) is 0 Å². The third-order valence-electron chi connectivity index (χ3n) is 2.79. The van der Waals surface area contributed by atoms with Gasteiger partial charge in [-0.2, -0.15) is 9.97 Å². The number of carbonyl (C=O) groups is 1. The van der Waals surface area contributed by atoms with Crippen molar-refractivity contribution in [2.75, 3.05) is 27.9 Å². The van der Waals surface area contributed by atoms with Crippen molar-refractivity contribution in [3.8, 4) is 11.8 Å². The number of ether oxygens (including phenoxy) is 4. The van der Waals surface area contributed by atoms with E-state index in [1.165, 1.54) is 21.3 Å². The second-order valence-electron chi connectivity index (χ2n) is 5.90. The van der Waals surface area contributed by atoms with E-state index in [0.717, 1.165) is 18.2 Å². The predicted octanol–water partition coefficient (Wildman–Crippen LogP) is 2.54. The van der Waals surface area contributed by atoms with E-state index >= 15 is 0 Å². The maximum Gasteiger partial charge on any atom is 0.346 e. The molecule has 1 unspecified atom stereocenters. The van der Waals surface area contributed by atoms with Gasteiger partial charge in [-0.25, -0.2) is 4.79 Å². The van der Waals surface area contributed by atoms with Crippen LogP contribution in [0.3, 0.4) is 0 Å². The lowest BCUT2D eigenvalue weighted by Crippen LogP contribution is -2.24. The van der Waals surface area contributed by atoms with E-state index in [1.54, 1.807) is 6.07 Å². The minimum absolute atomic E-state index is 0.0965. The van der Waals surface area contributed by atoms with Crippen LogP contribution >= 0.6 is 11.8 Å². The summed E-state index contributed by atoms with van der Waals surface area (Å²) >= 11 is 1.03. The van der Waals surface area contributed by atoms with Gasteiger partial charge in [-0.1, -0.05) is 20.8 Å². The molecule has 0 bridgehead atoms. The SMILES string of the molecule is COc1cc(OC)nc(SC(OC)C(=O)OCCC(C)(C)C)n1. The molecule has 0 spiro atoms.